The number of hydrogen-bond donors (Lipinski definition) is 2. The van der Waals surface area contributed by atoms with Crippen molar-refractivity contribution in [1.82, 2.24) is 4.98 Å². The molecule has 0 unspecified atom stereocenters. The average molecular weight is 395 g/mol. The van der Waals surface area contributed by atoms with Crippen LogP contribution in [0.15, 0.2) is 60.9 Å². The van der Waals surface area contributed by atoms with Crippen LogP contribution in [0.3, 0.4) is 0 Å². The van der Waals surface area contributed by atoms with Gasteiger partial charge in [0.25, 0.3) is 11.8 Å². The van der Waals surface area contributed by atoms with E-state index in [1.54, 1.807) is 18.2 Å². The Labute approximate surface area is 166 Å². The zero-order valence-electron chi connectivity index (χ0n) is 15.7. The Bertz CT molecular complexity index is 1040. The van der Waals surface area contributed by atoms with Crippen LogP contribution in [-0.4, -0.2) is 31.0 Å². The molecule has 0 aliphatic heterocycles. The van der Waals surface area contributed by atoms with Crippen molar-refractivity contribution >= 4 is 23.2 Å². The molecule has 8 heteroatoms. The largest absolute Gasteiger partial charge is 0.497 e. The lowest BCUT2D eigenvalue weighted by molar-refractivity contribution is 0.102. The number of ether oxygens (including phenoxy) is 2. The third-order valence-electron chi connectivity index (χ3n) is 4.02. The van der Waals surface area contributed by atoms with Gasteiger partial charge in [-0.05, 0) is 42.5 Å². The van der Waals surface area contributed by atoms with E-state index in [4.69, 9.17) is 9.47 Å². The van der Waals surface area contributed by atoms with Gasteiger partial charge in [-0.25, -0.2) is 4.39 Å². The Morgan fingerprint density at radius 2 is 1.52 bits per heavy atom. The van der Waals surface area contributed by atoms with E-state index >= 15 is 0 Å². The third-order valence-corrected chi connectivity index (χ3v) is 4.02. The van der Waals surface area contributed by atoms with Crippen molar-refractivity contribution in [2.75, 3.05) is 24.9 Å². The highest BCUT2D eigenvalue weighted by Crippen LogP contribution is 2.29. The number of anilines is 2. The lowest BCUT2D eigenvalue weighted by Gasteiger charge is -2.12. The first-order valence-corrected chi connectivity index (χ1v) is 8.55. The smallest absolute Gasteiger partial charge is 0.257 e. The molecule has 0 saturated carbocycles. The maximum absolute atomic E-state index is 13.0. The number of hydrogen-bond acceptors (Lipinski definition) is 5. The van der Waals surface area contributed by atoms with E-state index in [1.165, 1.54) is 56.9 Å². The molecule has 3 rings (SSSR count). The lowest BCUT2D eigenvalue weighted by atomic mass is 10.1. The monoisotopic (exact) mass is 395 g/mol. The molecule has 0 spiro atoms. The zero-order chi connectivity index (χ0) is 20.8. The molecular formula is C21H18FN3O4. The predicted molar refractivity (Wildman–Crippen MR) is 106 cm³/mol. The number of rotatable bonds is 6. The SMILES string of the molecule is COc1ccc(OC)c(NC(=O)c2cncc(C(=O)Nc3ccc(F)cc3)c2)c1. The summed E-state index contributed by atoms with van der Waals surface area (Å²) < 4.78 is 23.4. The highest BCUT2D eigenvalue weighted by atomic mass is 19.1. The van der Waals surface area contributed by atoms with Gasteiger partial charge < -0.3 is 20.1 Å². The van der Waals surface area contributed by atoms with E-state index in [0.717, 1.165) is 0 Å². The Kier molecular flexibility index (Phi) is 6.03. The van der Waals surface area contributed by atoms with Gasteiger partial charge in [-0.15, -0.1) is 0 Å². The molecule has 0 fully saturated rings. The number of methoxy groups -OCH3 is 2. The number of carbonyl (C=O) groups is 2. The van der Waals surface area contributed by atoms with Gasteiger partial charge in [-0.2, -0.15) is 0 Å². The van der Waals surface area contributed by atoms with Crippen LogP contribution in [-0.2, 0) is 0 Å². The van der Waals surface area contributed by atoms with E-state index in [0.29, 0.717) is 22.9 Å². The molecule has 3 aromatic rings. The molecule has 0 bridgehead atoms. The molecule has 148 valence electrons. The summed E-state index contributed by atoms with van der Waals surface area (Å²) in [6.07, 6.45) is 2.68. The fourth-order valence-electron chi connectivity index (χ4n) is 2.53. The first-order valence-electron chi connectivity index (χ1n) is 8.55. The van der Waals surface area contributed by atoms with Gasteiger partial charge >= 0.3 is 0 Å². The molecule has 0 atom stereocenters. The Balaban J connectivity index is 1.77. The number of benzene rings is 2. The van der Waals surface area contributed by atoms with Gasteiger partial charge in [0, 0.05) is 24.1 Å². The van der Waals surface area contributed by atoms with Crippen LogP contribution in [0.2, 0.25) is 0 Å². The molecule has 2 aromatic carbocycles. The fraction of sp³-hybridized carbons (Fsp3) is 0.0952. The quantitative estimate of drug-likeness (QED) is 0.664. The highest BCUT2D eigenvalue weighted by molar-refractivity contribution is 6.08. The van der Waals surface area contributed by atoms with Crippen LogP contribution in [0.25, 0.3) is 0 Å². The summed E-state index contributed by atoms with van der Waals surface area (Å²) in [5.74, 6) is -0.349. The number of pyridine rings is 1. The van der Waals surface area contributed by atoms with Crippen molar-refractivity contribution in [2.24, 2.45) is 0 Å². The van der Waals surface area contributed by atoms with E-state index in [9.17, 15) is 14.0 Å². The van der Waals surface area contributed by atoms with Crippen molar-refractivity contribution in [3.63, 3.8) is 0 Å². The molecular weight excluding hydrogens is 377 g/mol. The number of aromatic nitrogens is 1. The molecule has 0 aliphatic carbocycles. The molecule has 2 amide bonds. The van der Waals surface area contributed by atoms with E-state index < -0.39 is 17.6 Å². The van der Waals surface area contributed by atoms with Gasteiger partial charge in [0.05, 0.1) is 31.0 Å². The molecule has 0 saturated heterocycles. The van der Waals surface area contributed by atoms with Gasteiger partial charge in [0.2, 0.25) is 0 Å². The van der Waals surface area contributed by atoms with Gasteiger partial charge in [-0.3, -0.25) is 14.6 Å². The highest BCUT2D eigenvalue weighted by Gasteiger charge is 2.14. The van der Waals surface area contributed by atoms with Crippen molar-refractivity contribution in [3.8, 4) is 11.5 Å². The average Bonchev–Trinajstić information content (AvgIpc) is 2.75. The van der Waals surface area contributed by atoms with Crippen molar-refractivity contribution < 1.29 is 23.5 Å². The summed E-state index contributed by atoms with van der Waals surface area (Å²) in [5.41, 5.74) is 1.20. The number of nitrogens with one attached hydrogen (secondary N) is 2. The van der Waals surface area contributed by atoms with Gasteiger partial charge in [-0.1, -0.05) is 0 Å². The summed E-state index contributed by atoms with van der Waals surface area (Å²) in [5, 5.41) is 5.34. The predicted octanol–water partition coefficient (Wildman–Crippen LogP) is 3.74. The van der Waals surface area contributed by atoms with E-state index in [2.05, 4.69) is 15.6 Å². The minimum absolute atomic E-state index is 0.180. The van der Waals surface area contributed by atoms with Crippen molar-refractivity contribution in [1.29, 1.82) is 0 Å². The molecule has 7 nitrogen and oxygen atoms in total. The third kappa shape index (κ3) is 4.86. The molecule has 0 radical (unpaired) electrons. The first-order chi connectivity index (χ1) is 14.0. The second-order valence-electron chi connectivity index (χ2n) is 5.94. The molecule has 1 heterocycles. The van der Waals surface area contributed by atoms with Crippen molar-refractivity contribution in [2.45, 2.75) is 0 Å². The number of halogens is 1. The van der Waals surface area contributed by atoms with Crippen LogP contribution in [0.4, 0.5) is 15.8 Å². The molecule has 1 aromatic heterocycles. The van der Waals surface area contributed by atoms with E-state index in [1.807, 2.05) is 0 Å². The summed E-state index contributed by atoms with van der Waals surface area (Å²) >= 11 is 0. The minimum Gasteiger partial charge on any atom is -0.497 e. The van der Waals surface area contributed by atoms with Crippen LogP contribution >= 0.6 is 0 Å². The number of carbonyl (C=O) groups excluding carboxylic acids is 2. The maximum atomic E-state index is 13.0. The summed E-state index contributed by atoms with van der Waals surface area (Å²) in [4.78, 5) is 29.0. The topological polar surface area (TPSA) is 89.6 Å². The minimum atomic E-state index is -0.474. The van der Waals surface area contributed by atoms with Crippen LogP contribution in [0.1, 0.15) is 20.7 Å². The van der Waals surface area contributed by atoms with Gasteiger partial charge in [0.1, 0.15) is 17.3 Å². The molecule has 0 aliphatic rings. The second-order valence-corrected chi connectivity index (χ2v) is 5.94. The van der Waals surface area contributed by atoms with Gasteiger partial charge in [0.15, 0.2) is 0 Å². The van der Waals surface area contributed by atoms with Crippen LogP contribution < -0.4 is 20.1 Å². The van der Waals surface area contributed by atoms with E-state index in [-0.39, 0.29) is 11.1 Å². The molecule has 29 heavy (non-hydrogen) atoms. The van der Waals surface area contributed by atoms with Crippen molar-refractivity contribution in [3.05, 3.63) is 77.9 Å². The normalized spacial score (nSPS) is 10.2. The Morgan fingerprint density at radius 1 is 0.862 bits per heavy atom. The standard InChI is InChI=1S/C21H18FN3O4/c1-28-17-7-8-19(29-2)18(10-17)25-21(27)14-9-13(11-23-12-14)20(26)24-16-5-3-15(22)4-6-16/h3-12H,1-2H3,(H,24,26)(H,25,27). The fourth-order valence-corrected chi connectivity index (χ4v) is 2.53. The van der Waals surface area contributed by atoms with Crippen LogP contribution in [0, 0.1) is 5.82 Å². The van der Waals surface area contributed by atoms with Crippen LogP contribution in [0.5, 0.6) is 11.5 Å². The number of amides is 2. The summed E-state index contributed by atoms with van der Waals surface area (Å²) in [6, 6.07) is 11.7. The molecule has 2 N–H and O–H groups in total. The lowest BCUT2D eigenvalue weighted by Crippen LogP contribution is -2.16. The zero-order valence-corrected chi connectivity index (χ0v) is 15.7. The maximum Gasteiger partial charge on any atom is 0.257 e. The Hall–Kier alpha value is -3.94. The second kappa shape index (κ2) is 8.83. The first kappa shape index (κ1) is 19.8. The summed E-state index contributed by atoms with van der Waals surface area (Å²) in [6.45, 7) is 0. The number of nitrogens with zero attached hydrogens (tertiary/aromatic N) is 1. The Morgan fingerprint density at radius 3 is 2.14 bits per heavy atom. The summed E-state index contributed by atoms with van der Waals surface area (Å²) in [7, 11) is 3.00.